The first kappa shape index (κ1) is 26.6. The number of hydrogen-bond acceptors (Lipinski definition) is 3. The SMILES string of the molecule is CCNC(=NCCCOC(C)c1ccccc1)NCCC(=O)NC(C)CC.I. The van der Waals surface area contributed by atoms with Gasteiger partial charge >= 0.3 is 0 Å². The number of aliphatic imine (C=N–C) groups is 1. The van der Waals surface area contributed by atoms with E-state index in [-0.39, 0.29) is 42.0 Å². The summed E-state index contributed by atoms with van der Waals surface area (Å²) in [6, 6.07) is 10.4. The van der Waals surface area contributed by atoms with Gasteiger partial charge in [0.1, 0.15) is 0 Å². The van der Waals surface area contributed by atoms with E-state index < -0.39 is 0 Å². The molecule has 0 radical (unpaired) electrons. The molecular weight excluding hydrogens is 467 g/mol. The third kappa shape index (κ3) is 12.2. The van der Waals surface area contributed by atoms with Crippen LogP contribution in [-0.2, 0) is 9.53 Å². The first-order valence-electron chi connectivity index (χ1n) is 10.0. The van der Waals surface area contributed by atoms with Crippen LogP contribution in [0.15, 0.2) is 35.3 Å². The van der Waals surface area contributed by atoms with E-state index in [1.807, 2.05) is 32.0 Å². The van der Waals surface area contributed by atoms with Crippen LogP contribution in [0, 0.1) is 0 Å². The average molecular weight is 504 g/mol. The van der Waals surface area contributed by atoms with E-state index in [1.165, 1.54) is 5.56 Å². The van der Waals surface area contributed by atoms with Gasteiger partial charge in [-0.1, -0.05) is 37.3 Å². The number of guanidine groups is 1. The second kappa shape index (κ2) is 16.6. The van der Waals surface area contributed by atoms with Crippen molar-refractivity contribution in [3.8, 4) is 0 Å². The Balaban J connectivity index is 0.00000729. The van der Waals surface area contributed by atoms with Crippen molar-refractivity contribution in [2.24, 2.45) is 4.99 Å². The minimum absolute atomic E-state index is 0. The fraction of sp³-hybridized carbons (Fsp3) is 0.619. The minimum atomic E-state index is 0. The second-order valence-electron chi connectivity index (χ2n) is 6.59. The number of rotatable bonds is 12. The number of hydrogen-bond donors (Lipinski definition) is 3. The highest BCUT2D eigenvalue weighted by Gasteiger charge is 2.06. The molecule has 2 atom stereocenters. The van der Waals surface area contributed by atoms with E-state index in [0.717, 1.165) is 25.3 Å². The third-order valence-corrected chi connectivity index (χ3v) is 4.22. The van der Waals surface area contributed by atoms with Crippen molar-refractivity contribution in [2.75, 3.05) is 26.2 Å². The molecule has 0 fully saturated rings. The summed E-state index contributed by atoms with van der Waals surface area (Å²) in [4.78, 5) is 16.3. The van der Waals surface area contributed by atoms with E-state index in [1.54, 1.807) is 0 Å². The fourth-order valence-corrected chi connectivity index (χ4v) is 2.42. The van der Waals surface area contributed by atoms with Crippen molar-refractivity contribution in [1.29, 1.82) is 0 Å². The highest BCUT2D eigenvalue weighted by Crippen LogP contribution is 2.15. The lowest BCUT2D eigenvalue weighted by atomic mass is 10.1. The predicted octanol–water partition coefficient (Wildman–Crippen LogP) is 3.63. The number of carbonyl (C=O) groups is 1. The van der Waals surface area contributed by atoms with E-state index in [2.05, 4.69) is 46.9 Å². The van der Waals surface area contributed by atoms with Crippen LogP contribution in [-0.4, -0.2) is 44.1 Å². The van der Waals surface area contributed by atoms with Gasteiger partial charge in [-0.15, -0.1) is 24.0 Å². The molecule has 0 aromatic heterocycles. The molecule has 1 rings (SSSR count). The molecule has 0 aliphatic rings. The first-order chi connectivity index (χ1) is 13.1. The van der Waals surface area contributed by atoms with Crippen LogP contribution in [0.2, 0.25) is 0 Å². The third-order valence-electron chi connectivity index (χ3n) is 4.22. The molecule has 0 saturated heterocycles. The van der Waals surface area contributed by atoms with Crippen molar-refractivity contribution < 1.29 is 9.53 Å². The molecule has 0 spiro atoms. The molecule has 0 saturated carbocycles. The summed E-state index contributed by atoms with van der Waals surface area (Å²) in [5, 5.41) is 9.37. The van der Waals surface area contributed by atoms with Crippen LogP contribution in [0.5, 0.6) is 0 Å². The molecule has 7 heteroatoms. The number of ether oxygens (including phenoxy) is 1. The summed E-state index contributed by atoms with van der Waals surface area (Å²) in [7, 11) is 0. The quantitative estimate of drug-likeness (QED) is 0.176. The number of benzene rings is 1. The number of amides is 1. The molecule has 0 bridgehead atoms. The summed E-state index contributed by atoms with van der Waals surface area (Å²) in [6.07, 6.45) is 2.31. The first-order valence-corrected chi connectivity index (χ1v) is 10.0. The Labute approximate surface area is 187 Å². The van der Waals surface area contributed by atoms with Crippen LogP contribution in [0.1, 0.15) is 58.6 Å². The molecule has 1 amide bonds. The zero-order valence-corrected chi connectivity index (χ0v) is 20.0. The molecule has 3 N–H and O–H groups in total. The lowest BCUT2D eigenvalue weighted by Crippen LogP contribution is -2.40. The molecule has 0 aliphatic carbocycles. The highest BCUT2D eigenvalue weighted by atomic mass is 127. The maximum absolute atomic E-state index is 11.8. The number of halogens is 1. The number of nitrogens with one attached hydrogen (secondary N) is 3. The van der Waals surface area contributed by atoms with Crippen molar-refractivity contribution in [2.45, 2.75) is 59.1 Å². The Morgan fingerprint density at radius 3 is 2.50 bits per heavy atom. The Bertz CT molecular complexity index is 555. The topological polar surface area (TPSA) is 74.8 Å². The van der Waals surface area contributed by atoms with Gasteiger partial charge in [-0.05, 0) is 39.2 Å². The Morgan fingerprint density at radius 2 is 1.86 bits per heavy atom. The molecule has 160 valence electrons. The summed E-state index contributed by atoms with van der Waals surface area (Å²) in [5.41, 5.74) is 1.19. The lowest BCUT2D eigenvalue weighted by Gasteiger charge is -2.14. The van der Waals surface area contributed by atoms with Gasteiger partial charge in [0.25, 0.3) is 0 Å². The van der Waals surface area contributed by atoms with Crippen molar-refractivity contribution in [3.63, 3.8) is 0 Å². The van der Waals surface area contributed by atoms with Gasteiger partial charge in [0.15, 0.2) is 5.96 Å². The van der Waals surface area contributed by atoms with E-state index in [9.17, 15) is 4.79 Å². The zero-order valence-electron chi connectivity index (χ0n) is 17.7. The van der Waals surface area contributed by atoms with Crippen LogP contribution >= 0.6 is 24.0 Å². The largest absolute Gasteiger partial charge is 0.374 e. The van der Waals surface area contributed by atoms with Crippen molar-refractivity contribution >= 4 is 35.8 Å². The maximum atomic E-state index is 11.8. The van der Waals surface area contributed by atoms with Gasteiger partial charge in [-0.3, -0.25) is 9.79 Å². The van der Waals surface area contributed by atoms with Gasteiger partial charge in [0, 0.05) is 38.7 Å². The Hall–Kier alpha value is -1.35. The molecule has 1 aromatic rings. The summed E-state index contributed by atoms with van der Waals surface area (Å²) in [5.74, 6) is 0.806. The normalized spacial score (nSPS) is 13.2. The van der Waals surface area contributed by atoms with Gasteiger partial charge in [-0.2, -0.15) is 0 Å². The number of carbonyl (C=O) groups excluding carboxylic acids is 1. The van der Waals surface area contributed by atoms with Crippen LogP contribution < -0.4 is 16.0 Å². The van der Waals surface area contributed by atoms with Crippen LogP contribution in [0.3, 0.4) is 0 Å². The van der Waals surface area contributed by atoms with E-state index in [0.29, 0.717) is 26.1 Å². The van der Waals surface area contributed by atoms with Gasteiger partial charge in [0.05, 0.1) is 6.10 Å². The minimum Gasteiger partial charge on any atom is -0.374 e. The van der Waals surface area contributed by atoms with Crippen LogP contribution in [0.25, 0.3) is 0 Å². The fourth-order valence-electron chi connectivity index (χ4n) is 2.42. The molecule has 0 aliphatic heterocycles. The highest BCUT2D eigenvalue weighted by molar-refractivity contribution is 14.0. The van der Waals surface area contributed by atoms with Gasteiger partial charge in [-0.25, -0.2) is 0 Å². The van der Waals surface area contributed by atoms with E-state index in [4.69, 9.17) is 4.74 Å². The zero-order chi connectivity index (χ0) is 19.9. The molecule has 6 nitrogen and oxygen atoms in total. The molecule has 28 heavy (non-hydrogen) atoms. The molecule has 2 unspecified atom stereocenters. The van der Waals surface area contributed by atoms with Crippen molar-refractivity contribution in [1.82, 2.24) is 16.0 Å². The van der Waals surface area contributed by atoms with Crippen LogP contribution in [0.4, 0.5) is 0 Å². The summed E-state index contributed by atoms with van der Waals surface area (Å²) >= 11 is 0. The number of nitrogens with zero attached hydrogens (tertiary/aromatic N) is 1. The summed E-state index contributed by atoms with van der Waals surface area (Å²) in [6.45, 7) is 10.8. The van der Waals surface area contributed by atoms with Gasteiger partial charge in [0.2, 0.25) is 5.91 Å². The van der Waals surface area contributed by atoms with E-state index >= 15 is 0 Å². The van der Waals surface area contributed by atoms with Gasteiger partial charge < -0.3 is 20.7 Å². The monoisotopic (exact) mass is 504 g/mol. The second-order valence-corrected chi connectivity index (χ2v) is 6.59. The molecular formula is C21H37IN4O2. The standard InChI is InChI=1S/C21H36N4O2.HI/c1-5-17(3)25-20(26)13-15-24-21(22-6-2)23-14-10-16-27-18(4)19-11-8-7-9-12-19;/h7-9,11-12,17-18H,5-6,10,13-16H2,1-4H3,(H,25,26)(H2,22,23,24);1H. The lowest BCUT2D eigenvalue weighted by molar-refractivity contribution is -0.121. The Morgan fingerprint density at radius 1 is 1.14 bits per heavy atom. The molecule has 0 heterocycles. The Kier molecular flexibility index (Phi) is 15.8. The molecule has 1 aromatic carbocycles. The van der Waals surface area contributed by atoms with Crippen molar-refractivity contribution in [3.05, 3.63) is 35.9 Å². The smallest absolute Gasteiger partial charge is 0.221 e. The summed E-state index contributed by atoms with van der Waals surface area (Å²) < 4.78 is 5.87. The maximum Gasteiger partial charge on any atom is 0.221 e. The predicted molar refractivity (Wildman–Crippen MR) is 127 cm³/mol. The average Bonchev–Trinajstić information content (AvgIpc) is 2.68.